The second-order valence-electron chi connectivity index (χ2n) is 7.74. The summed E-state index contributed by atoms with van der Waals surface area (Å²) in [6, 6.07) is 20.7. The summed E-state index contributed by atoms with van der Waals surface area (Å²) in [5, 5.41) is 9.53. The molecule has 0 unspecified atom stereocenters. The van der Waals surface area contributed by atoms with E-state index in [9.17, 15) is 13.6 Å². The van der Waals surface area contributed by atoms with Crippen LogP contribution in [0.25, 0.3) is 10.9 Å². The Labute approximate surface area is 199 Å². The quantitative estimate of drug-likeness (QED) is 0.261. The summed E-state index contributed by atoms with van der Waals surface area (Å²) in [6.45, 7) is 0. The highest BCUT2D eigenvalue weighted by molar-refractivity contribution is 6.05. The van der Waals surface area contributed by atoms with Crippen LogP contribution in [0, 0.1) is 11.6 Å². The molecule has 0 aliphatic rings. The molecule has 2 aromatic heterocycles. The summed E-state index contributed by atoms with van der Waals surface area (Å²) in [7, 11) is 0. The molecular weight excluding hydrogens is 448 g/mol. The Kier molecular flexibility index (Phi) is 6.00. The number of hydrogen-bond acceptors (Lipinski definition) is 5. The Morgan fingerprint density at radius 2 is 1.54 bits per heavy atom. The molecular formula is C27H19F2N5O. The van der Waals surface area contributed by atoms with Crippen molar-refractivity contribution in [3.05, 3.63) is 115 Å². The van der Waals surface area contributed by atoms with Crippen molar-refractivity contribution in [3.8, 4) is 0 Å². The van der Waals surface area contributed by atoms with Crippen LogP contribution in [-0.4, -0.2) is 15.9 Å². The Morgan fingerprint density at radius 3 is 2.40 bits per heavy atom. The smallest absolute Gasteiger partial charge is 0.255 e. The molecule has 3 N–H and O–H groups in total. The number of carbonyl (C=O) groups is 1. The zero-order valence-corrected chi connectivity index (χ0v) is 18.3. The van der Waals surface area contributed by atoms with Gasteiger partial charge in [0.25, 0.3) is 5.91 Å². The fourth-order valence-corrected chi connectivity index (χ4v) is 3.61. The lowest BCUT2D eigenvalue weighted by Crippen LogP contribution is -2.12. The monoisotopic (exact) mass is 467 g/mol. The standard InChI is InChI=1S/C27H19F2N5O/c28-18-5-7-24-22(15-18)25(10-13-31-24)34-26-14-17(4-6-23(26)29)27(35)33-21-3-1-2-20(16-21)32-19-8-11-30-12-9-19/h1-16H,(H,30,32)(H,31,34)(H,33,35). The molecule has 2 heterocycles. The lowest BCUT2D eigenvalue weighted by atomic mass is 10.1. The molecule has 0 bridgehead atoms. The van der Waals surface area contributed by atoms with Crippen LogP contribution in [0.2, 0.25) is 0 Å². The molecule has 5 rings (SSSR count). The van der Waals surface area contributed by atoms with Gasteiger partial charge < -0.3 is 16.0 Å². The summed E-state index contributed by atoms with van der Waals surface area (Å²) >= 11 is 0. The van der Waals surface area contributed by atoms with Gasteiger partial charge in [0.15, 0.2) is 0 Å². The maximum atomic E-state index is 14.6. The Hall–Kier alpha value is -4.85. The Balaban J connectivity index is 1.36. The fraction of sp³-hybridized carbons (Fsp3) is 0. The number of halogens is 2. The average molecular weight is 467 g/mol. The van der Waals surface area contributed by atoms with E-state index in [2.05, 4.69) is 25.9 Å². The van der Waals surface area contributed by atoms with E-state index < -0.39 is 17.5 Å². The van der Waals surface area contributed by atoms with Gasteiger partial charge >= 0.3 is 0 Å². The highest BCUT2D eigenvalue weighted by atomic mass is 19.1. The number of aromatic nitrogens is 2. The molecule has 0 aliphatic heterocycles. The Morgan fingerprint density at radius 1 is 0.714 bits per heavy atom. The molecule has 0 spiro atoms. The molecule has 0 atom stereocenters. The van der Waals surface area contributed by atoms with Gasteiger partial charge in [-0.05, 0) is 72.8 Å². The highest BCUT2D eigenvalue weighted by Gasteiger charge is 2.12. The molecule has 35 heavy (non-hydrogen) atoms. The summed E-state index contributed by atoms with van der Waals surface area (Å²) in [5.41, 5.74) is 3.59. The van der Waals surface area contributed by atoms with Crippen molar-refractivity contribution in [2.45, 2.75) is 0 Å². The third-order valence-corrected chi connectivity index (χ3v) is 5.29. The second kappa shape index (κ2) is 9.56. The van der Waals surface area contributed by atoms with Crippen LogP contribution in [0.15, 0.2) is 97.5 Å². The van der Waals surface area contributed by atoms with E-state index in [0.717, 1.165) is 11.4 Å². The summed E-state index contributed by atoms with van der Waals surface area (Å²) in [4.78, 5) is 21.1. The second-order valence-corrected chi connectivity index (χ2v) is 7.74. The number of carbonyl (C=O) groups excluding carboxylic acids is 1. The van der Waals surface area contributed by atoms with Crippen molar-refractivity contribution in [2.24, 2.45) is 0 Å². The lowest BCUT2D eigenvalue weighted by molar-refractivity contribution is 0.102. The fourth-order valence-electron chi connectivity index (χ4n) is 3.61. The molecule has 0 saturated heterocycles. The Bertz CT molecular complexity index is 1530. The maximum absolute atomic E-state index is 14.6. The van der Waals surface area contributed by atoms with E-state index in [1.807, 2.05) is 24.3 Å². The highest BCUT2D eigenvalue weighted by Crippen LogP contribution is 2.28. The van der Waals surface area contributed by atoms with E-state index in [4.69, 9.17) is 0 Å². The minimum atomic E-state index is -0.550. The van der Waals surface area contributed by atoms with Crippen molar-refractivity contribution in [1.82, 2.24) is 9.97 Å². The van der Waals surface area contributed by atoms with E-state index >= 15 is 0 Å². The molecule has 5 aromatic rings. The van der Waals surface area contributed by atoms with Crippen LogP contribution < -0.4 is 16.0 Å². The number of nitrogens with zero attached hydrogens (tertiary/aromatic N) is 2. The zero-order valence-electron chi connectivity index (χ0n) is 18.3. The minimum Gasteiger partial charge on any atom is -0.355 e. The number of anilines is 5. The van der Waals surface area contributed by atoms with E-state index in [1.54, 1.807) is 42.9 Å². The van der Waals surface area contributed by atoms with Crippen LogP contribution in [0.4, 0.5) is 37.2 Å². The number of rotatable bonds is 6. The largest absolute Gasteiger partial charge is 0.355 e. The van der Waals surface area contributed by atoms with E-state index in [-0.39, 0.29) is 11.3 Å². The van der Waals surface area contributed by atoms with Gasteiger partial charge in [-0.1, -0.05) is 6.07 Å². The third-order valence-electron chi connectivity index (χ3n) is 5.29. The molecule has 172 valence electrons. The van der Waals surface area contributed by atoms with Crippen LogP contribution in [0.3, 0.4) is 0 Å². The molecule has 1 amide bonds. The maximum Gasteiger partial charge on any atom is 0.255 e. The first-order valence-electron chi connectivity index (χ1n) is 10.7. The first-order chi connectivity index (χ1) is 17.0. The van der Waals surface area contributed by atoms with Crippen molar-refractivity contribution < 1.29 is 13.6 Å². The van der Waals surface area contributed by atoms with Crippen molar-refractivity contribution in [2.75, 3.05) is 16.0 Å². The number of benzene rings is 3. The van der Waals surface area contributed by atoms with Gasteiger partial charge in [0.05, 0.1) is 11.2 Å². The van der Waals surface area contributed by atoms with Crippen LogP contribution in [0.1, 0.15) is 10.4 Å². The van der Waals surface area contributed by atoms with Crippen molar-refractivity contribution in [1.29, 1.82) is 0 Å². The van der Waals surface area contributed by atoms with Crippen molar-refractivity contribution in [3.63, 3.8) is 0 Å². The molecule has 8 heteroatoms. The number of pyridine rings is 2. The summed E-state index contributed by atoms with van der Waals surface area (Å²) < 4.78 is 28.4. The van der Waals surface area contributed by atoms with E-state index in [0.29, 0.717) is 22.3 Å². The molecule has 6 nitrogen and oxygen atoms in total. The lowest BCUT2D eigenvalue weighted by Gasteiger charge is -2.13. The summed E-state index contributed by atoms with van der Waals surface area (Å²) in [5.74, 6) is -1.38. The molecule has 0 saturated carbocycles. The van der Waals surface area contributed by atoms with E-state index in [1.165, 1.54) is 30.3 Å². The normalized spacial score (nSPS) is 10.7. The zero-order chi connectivity index (χ0) is 24.2. The number of amides is 1. The third kappa shape index (κ3) is 5.06. The molecule has 3 aromatic carbocycles. The van der Waals surface area contributed by atoms with Gasteiger partial charge in [-0.2, -0.15) is 0 Å². The molecule has 0 fully saturated rings. The van der Waals surface area contributed by atoms with Gasteiger partial charge in [-0.3, -0.25) is 14.8 Å². The van der Waals surface area contributed by atoms with Crippen molar-refractivity contribution >= 4 is 45.2 Å². The first kappa shape index (κ1) is 22.0. The van der Waals surface area contributed by atoms with Crippen LogP contribution in [-0.2, 0) is 0 Å². The average Bonchev–Trinajstić information content (AvgIpc) is 2.86. The van der Waals surface area contributed by atoms with Gasteiger partial charge in [-0.25, -0.2) is 8.78 Å². The SMILES string of the molecule is O=C(Nc1cccc(Nc2ccncc2)c1)c1ccc(F)c(Nc2ccnc3ccc(F)cc23)c1. The molecule has 0 aliphatic carbocycles. The van der Waals surface area contributed by atoms with Crippen LogP contribution >= 0.6 is 0 Å². The number of nitrogens with one attached hydrogen (secondary N) is 3. The van der Waals surface area contributed by atoms with Gasteiger partial charge in [0, 0.05) is 52.3 Å². The minimum absolute atomic E-state index is 0.0857. The van der Waals surface area contributed by atoms with Crippen LogP contribution in [0.5, 0.6) is 0 Å². The predicted octanol–water partition coefficient (Wildman–Crippen LogP) is 6.65. The molecule has 0 radical (unpaired) electrons. The van der Waals surface area contributed by atoms with Gasteiger partial charge in [0.2, 0.25) is 0 Å². The predicted molar refractivity (Wildman–Crippen MR) is 133 cm³/mol. The number of hydrogen-bond donors (Lipinski definition) is 3. The first-order valence-corrected chi connectivity index (χ1v) is 10.7. The number of fused-ring (bicyclic) bond motifs is 1. The topological polar surface area (TPSA) is 78.9 Å². The summed E-state index contributed by atoms with van der Waals surface area (Å²) in [6.07, 6.45) is 4.91. The van der Waals surface area contributed by atoms with Gasteiger partial charge in [-0.15, -0.1) is 0 Å². The van der Waals surface area contributed by atoms with Gasteiger partial charge in [0.1, 0.15) is 11.6 Å².